The predicted octanol–water partition coefficient (Wildman–Crippen LogP) is 8.46. The summed E-state index contributed by atoms with van der Waals surface area (Å²) in [5.74, 6) is 0.742. The molecule has 0 bridgehead atoms. The van der Waals surface area contributed by atoms with Crippen LogP contribution in [0, 0.1) is 0 Å². The molecule has 0 N–H and O–H groups in total. The van der Waals surface area contributed by atoms with Crippen LogP contribution in [0.15, 0.2) is 77.8 Å². The van der Waals surface area contributed by atoms with Crippen molar-refractivity contribution in [2.45, 2.75) is 77.7 Å². The number of phosphoric acid groups is 1. The third-order valence-electron chi connectivity index (χ3n) is 6.79. The van der Waals surface area contributed by atoms with Crippen LogP contribution in [-0.4, -0.2) is 6.61 Å². The van der Waals surface area contributed by atoms with E-state index in [1.807, 2.05) is 58.1 Å². The summed E-state index contributed by atoms with van der Waals surface area (Å²) in [6.07, 6.45) is 14.3. The molecule has 0 fully saturated rings. The number of nitrogens with zero attached hydrogens (tertiary/aromatic N) is 1. The van der Waals surface area contributed by atoms with E-state index in [-0.39, 0.29) is 11.5 Å². The minimum Gasteiger partial charge on any atom is -0.736 e. The Kier molecular flexibility index (Phi) is 11.9. The molecule has 6 nitrogen and oxygen atoms in total. The van der Waals surface area contributed by atoms with Gasteiger partial charge in [-0.15, -0.1) is 0 Å². The highest BCUT2D eigenvalue weighted by Gasteiger charge is 2.18. The number of aromatic nitrogens is 1. The van der Waals surface area contributed by atoms with Crippen LogP contribution in [0.1, 0.15) is 76.7 Å². The fourth-order valence-corrected chi connectivity index (χ4v) is 6.08. The molecule has 40 heavy (non-hydrogen) atoms. The molecular formula is C32H40NO5PS. The summed E-state index contributed by atoms with van der Waals surface area (Å²) >= 11 is 1.60. The first-order valence-corrected chi connectivity index (χ1v) is 16.8. The van der Waals surface area contributed by atoms with Crippen molar-refractivity contribution < 1.29 is 27.8 Å². The fourth-order valence-electron chi connectivity index (χ4n) is 4.69. The highest BCUT2D eigenvalue weighted by atomic mass is 32.1. The highest BCUT2D eigenvalue weighted by Crippen LogP contribution is 2.45. The van der Waals surface area contributed by atoms with E-state index >= 15 is 0 Å². The lowest BCUT2D eigenvalue weighted by Crippen LogP contribution is -2.30. The molecule has 4 rings (SSSR count). The average Bonchev–Trinajstić information content (AvgIpc) is 3.44. The van der Waals surface area contributed by atoms with Crippen LogP contribution in [0.3, 0.4) is 0 Å². The molecule has 8 heteroatoms. The predicted molar refractivity (Wildman–Crippen MR) is 160 cm³/mol. The summed E-state index contributed by atoms with van der Waals surface area (Å²) in [6.45, 7) is 3.36. The number of hydrogen-bond donors (Lipinski definition) is 0. The van der Waals surface area contributed by atoms with Gasteiger partial charge < -0.3 is 18.7 Å². The Morgan fingerprint density at radius 3 is 2.15 bits per heavy atom. The van der Waals surface area contributed by atoms with Gasteiger partial charge >= 0.3 is 7.82 Å². The van der Waals surface area contributed by atoms with Crippen LogP contribution in [0.25, 0.3) is 10.8 Å². The number of rotatable bonds is 18. The Labute approximate surface area is 242 Å². The van der Waals surface area contributed by atoms with Gasteiger partial charge in [-0.2, -0.15) is 4.57 Å². The third-order valence-corrected chi connectivity index (χ3v) is 8.31. The Morgan fingerprint density at radius 1 is 0.800 bits per heavy atom. The normalized spacial score (nSPS) is 12.8. The van der Waals surface area contributed by atoms with Crippen LogP contribution < -0.4 is 23.2 Å². The van der Waals surface area contributed by atoms with Crippen molar-refractivity contribution >= 4 is 29.9 Å². The summed E-state index contributed by atoms with van der Waals surface area (Å²) in [5, 5.41) is 3.80. The summed E-state index contributed by atoms with van der Waals surface area (Å²) in [4.78, 5) is 13.0. The van der Waals surface area contributed by atoms with Crippen molar-refractivity contribution in [1.82, 2.24) is 0 Å². The number of ether oxygens (including phenoxy) is 1. The summed E-state index contributed by atoms with van der Waals surface area (Å²) in [5.41, 5.74) is 2.92. The smallest absolute Gasteiger partial charge is 0.372 e. The minimum absolute atomic E-state index is 0.133. The number of phosphoric ester groups is 1. The van der Waals surface area contributed by atoms with Gasteiger partial charge in [0, 0.05) is 5.56 Å². The molecule has 1 atom stereocenters. The average molecular weight is 582 g/mol. The zero-order chi connectivity index (χ0) is 28.0. The molecule has 0 saturated carbocycles. The fraction of sp³-hybridized carbons (Fsp3) is 0.406. The minimum atomic E-state index is -4.73. The number of thiazole rings is 1. The SMILES string of the molecule is CCCCCCCCCCCCOc1cc2ccccc2cc1OP(=O)([O-])Oc1cccc(C[n+]2ccsc2)c1. The molecular weight excluding hydrogens is 541 g/mol. The maximum Gasteiger partial charge on any atom is 0.372 e. The van der Waals surface area contributed by atoms with Gasteiger partial charge in [0.15, 0.2) is 24.2 Å². The van der Waals surface area contributed by atoms with E-state index in [1.165, 1.54) is 51.4 Å². The number of hydrogen-bond acceptors (Lipinski definition) is 6. The maximum absolute atomic E-state index is 13.0. The lowest BCUT2D eigenvalue weighted by Gasteiger charge is -2.25. The number of fused-ring (bicyclic) bond motifs is 1. The van der Waals surface area contributed by atoms with Gasteiger partial charge in [0.2, 0.25) is 5.51 Å². The molecule has 0 radical (unpaired) electrons. The van der Waals surface area contributed by atoms with Crippen LogP contribution in [0.2, 0.25) is 0 Å². The summed E-state index contributed by atoms with van der Waals surface area (Å²) in [7, 11) is -4.73. The first-order valence-electron chi connectivity index (χ1n) is 14.4. The Balaban J connectivity index is 1.33. The van der Waals surface area contributed by atoms with E-state index in [2.05, 4.69) is 6.92 Å². The van der Waals surface area contributed by atoms with Crippen LogP contribution in [0.5, 0.6) is 17.2 Å². The van der Waals surface area contributed by atoms with Gasteiger partial charge in [-0.25, -0.2) is 4.57 Å². The first kappa shape index (κ1) is 30.1. The van der Waals surface area contributed by atoms with Crippen LogP contribution >= 0.6 is 19.2 Å². The largest absolute Gasteiger partial charge is 0.736 e. The van der Waals surface area contributed by atoms with E-state index in [9.17, 15) is 9.46 Å². The second kappa shape index (κ2) is 15.8. The molecule has 1 heterocycles. The topological polar surface area (TPSA) is 71.7 Å². The standard InChI is InChI=1S/C32H40NO5PS/c1-2-3-4-5-6-7-8-9-10-13-20-36-31-23-28-16-11-12-17-29(28)24-32(31)38-39(34,35)37-30-18-14-15-27(22-30)25-33-19-21-40-26-33/h11-12,14-19,21-24,26H,2-10,13,20,25H2,1H3. The van der Waals surface area contributed by atoms with Crippen molar-refractivity contribution in [3.05, 3.63) is 83.3 Å². The molecule has 0 aliphatic rings. The van der Waals surface area contributed by atoms with Crippen LogP contribution in [-0.2, 0) is 11.1 Å². The second-order valence-electron chi connectivity index (χ2n) is 10.2. The van der Waals surface area contributed by atoms with Gasteiger partial charge in [0.05, 0.1) is 12.0 Å². The van der Waals surface area contributed by atoms with Gasteiger partial charge in [-0.3, -0.25) is 0 Å². The molecule has 214 valence electrons. The van der Waals surface area contributed by atoms with Crippen LogP contribution in [0.4, 0.5) is 0 Å². The first-order chi connectivity index (χ1) is 19.5. The number of benzene rings is 3. The Hall–Kier alpha value is -2.86. The van der Waals surface area contributed by atoms with E-state index in [0.717, 1.165) is 29.2 Å². The highest BCUT2D eigenvalue weighted by molar-refractivity contribution is 7.46. The lowest BCUT2D eigenvalue weighted by atomic mass is 10.1. The molecule has 0 saturated heterocycles. The Bertz CT molecular complexity index is 1360. The van der Waals surface area contributed by atoms with Gasteiger partial charge in [-0.05, 0) is 41.5 Å². The van der Waals surface area contributed by atoms with E-state index < -0.39 is 7.82 Å². The van der Waals surface area contributed by atoms with Crippen molar-refractivity contribution in [2.75, 3.05) is 6.61 Å². The van der Waals surface area contributed by atoms with E-state index in [0.29, 0.717) is 18.9 Å². The second-order valence-corrected chi connectivity index (χ2v) is 12.2. The van der Waals surface area contributed by atoms with Crippen molar-refractivity contribution in [3.8, 4) is 17.2 Å². The molecule has 1 unspecified atom stereocenters. The number of unbranched alkanes of at least 4 members (excludes halogenated alkanes) is 9. The lowest BCUT2D eigenvalue weighted by molar-refractivity contribution is -0.683. The van der Waals surface area contributed by atoms with E-state index in [1.54, 1.807) is 35.6 Å². The zero-order valence-corrected chi connectivity index (χ0v) is 25.0. The molecule has 0 spiro atoms. The molecule has 0 amide bonds. The van der Waals surface area contributed by atoms with E-state index in [4.69, 9.17) is 13.8 Å². The summed E-state index contributed by atoms with van der Waals surface area (Å²) < 4.78 is 31.9. The molecule has 3 aromatic carbocycles. The van der Waals surface area contributed by atoms with Gasteiger partial charge in [-0.1, -0.05) is 112 Å². The zero-order valence-electron chi connectivity index (χ0n) is 23.3. The molecule has 4 aromatic rings. The van der Waals surface area contributed by atoms with Crippen molar-refractivity contribution in [1.29, 1.82) is 0 Å². The van der Waals surface area contributed by atoms with Crippen molar-refractivity contribution in [3.63, 3.8) is 0 Å². The summed E-state index contributed by atoms with van der Waals surface area (Å²) in [6, 6.07) is 18.3. The van der Waals surface area contributed by atoms with Gasteiger partial charge in [0.1, 0.15) is 5.75 Å². The Morgan fingerprint density at radius 2 is 1.48 bits per heavy atom. The maximum atomic E-state index is 13.0. The quantitative estimate of drug-likeness (QED) is 0.0670. The molecule has 0 aliphatic carbocycles. The molecule has 0 aliphatic heterocycles. The third kappa shape index (κ3) is 9.96. The van der Waals surface area contributed by atoms with Crippen molar-refractivity contribution in [2.24, 2.45) is 0 Å². The molecule has 1 aromatic heterocycles. The van der Waals surface area contributed by atoms with Gasteiger partial charge in [0.25, 0.3) is 0 Å². The monoisotopic (exact) mass is 581 g/mol.